The highest BCUT2D eigenvalue weighted by atomic mass is 35.5. The van der Waals surface area contributed by atoms with Crippen molar-refractivity contribution in [3.63, 3.8) is 0 Å². The lowest BCUT2D eigenvalue weighted by atomic mass is 10.1. The summed E-state index contributed by atoms with van der Waals surface area (Å²) in [5.74, 6) is 0.0972. The lowest BCUT2D eigenvalue weighted by Gasteiger charge is -2.08. The molecule has 0 radical (unpaired) electrons. The first-order chi connectivity index (χ1) is 11.7. The summed E-state index contributed by atoms with van der Waals surface area (Å²) in [7, 11) is 0. The number of amides is 1. The van der Waals surface area contributed by atoms with Crippen molar-refractivity contribution in [2.45, 2.75) is 38.2 Å². The van der Waals surface area contributed by atoms with Gasteiger partial charge in [0.15, 0.2) is 0 Å². The maximum Gasteiger partial charge on any atom is 0.220 e. The van der Waals surface area contributed by atoms with Crippen LogP contribution >= 0.6 is 22.9 Å². The molecule has 0 saturated carbocycles. The molecule has 0 aliphatic carbocycles. The molecular formula is C18H21ClN2O2S. The average Bonchev–Trinajstić information content (AvgIpc) is 3.25. The van der Waals surface area contributed by atoms with Crippen LogP contribution in [0.15, 0.2) is 29.6 Å². The second-order valence-electron chi connectivity index (χ2n) is 5.91. The molecule has 1 aromatic heterocycles. The van der Waals surface area contributed by atoms with E-state index in [2.05, 4.69) is 10.3 Å². The van der Waals surface area contributed by atoms with Crippen LogP contribution in [0.2, 0.25) is 5.02 Å². The fourth-order valence-electron chi connectivity index (χ4n) is 2.74. The van der Waals surface area contributed by atoms with Crippen molar-refractivity contribution in [2.75, 3.05) is 13.2 Å². The number of nitrogens with one attached hydrogen (secondary N) is 1. The summed E-state index contributed by atoms with van der Waals surface area (Å²) in [6.45, 7) is 1.46. The molecule has 2 aromatic rings. The zero-order valence-corrected chi connectivity index (χ0v) is 15.0. The zero-order valence-electron chi connectivity index (χ0n) is 13.5. The number of halogens is 1. The summed E-state index contributed by atoms with van der Waals surface area (Å²) in [5.41, 5.74) is 2.01. The molecule has 1 N–H and O–H groups in total. The number of hydrogen-bond acceptors (Lipinski definition) is 4. The molecule has 0 unspecified atom stereocenters. The number of thiazole rings is 1. The molecule has 1 fully saturated rings. The van der Waals surface area contributed by atoms with Gasteiger partial charge in [-0.1, -0.05) is 23.7 Å². The Hall–Kier alpha value is -1.43. The van der Waals surface area contributed by atoms with Crippen molar-refractivity contribution >= 4 is 28.8 Å². The summed E-state index contributed by atoms with van der Waals surface area (Å²) in [5, 5.41) is 6.76. The van der Waals surface area contributed by atoms with Gasteiger partial charge in [0.25, 0.3) is 0 Å². The molecule has 3 rings (SSSR count). The monoisotopic (exact) mass is 364 g/mol. The summed E-state index contributed by atoms with van der Waals surface area (Å²) in [6, 6.07) is 7.66. The van der Waals surface area contributed by atoms with E-state index in [1.54, 1.807) is 11.3 Å². The molecule has 0 spiro atoms. The highest BCUT2D eigenvalue weighted by Gasteiger charge is 2.16. The van der Waals surface area contributed by atoms with Gasteiger partial charge in [-0.3, -0.25) is 4.79 Å². The lowest BCUT2D eigenvalue weighted by Crippen LogP contribution is -2.26. The summed E-state index contributed by atoms with van der Waals surface area (Å²) in [6.07, 6.45) is 4.59. The van der Waals surface area contributed by atoms with Crippen LogP contribution in [0.1, 0.15) is 30.7 Å². The normalized spacial score (nSPS) is 17.1. The van der Waals surface area contributed by atoms with Crippen LogP contribution in [0.3, 0.4) is 0 Å². The molecule has 0 bridgehead atoms. The highest BCUT2D eigenvalue weighted by molar-refractivity contribution is 7.09. The predicted octanol–water partition coefficient (Wildman–Crippen LogP) is 4.08. The number of benzene rings is 1. The van der Waals surface area contributed by atoms with E-state index in [1.807, 2.05) is 29.6 Å². The molecular weight excluding hydrogens is 344 g/mol. The van der Waals surface area contributed by atoms with Crippen LogP contribution in [0.25, 0.3) is 11.3 Å². The van der Waals surface area contributed by atoms with Gasteiger partial charge < -0.3 is 10.1 Å². The molecule has 1 aromatic carbocycles. The number of carbonyl (C=O) groups is 1. The van der Waals surface area contributed by atoms with Crippen molar-refractivity contribution in [1.29, 1.82) is 0 Å². The topological polar surface area (TPSA) is 51.2 Å². The minimum Gasteiger partial charge on any atom is -0.378 e. The van der Waals surface area contributed by atoms with E-state index < -0.39 is 0 Å². The van der Waals surface area contributed by atoms with E-state index >= 15 is 0 Å². The lowest BCUT2D eigenvalue weighted by molar-refractivity contribution is -0.121. The Kier molecular flexibility index (Phi) is 6.24. The number of rotatable bonds is 7. The molecule has 1 amide bonds. The first-order valence-electron chi connectivity index (χ1n) is 8.29. The first-order valence-corrected chi connectivity index (χ1v) is 9.55. The van der Waals surface area contributed by atoms with Crippen LogP contribution < -0.4 is 5.32 Å². The molecule has 24 heavy (non-hydrogen) atoms. The quantitative estimate of drug-likeness (QED) is 0.805. The Morgan fingerprint density at radius 2 is 2.21 bits per heavy atom. The molecule has 1 saturated heterocycles. The Balaban J connectivity index is 1.40. The number of ether oxygens (including phenoxy) is 1. The zero-order chi connectivity index (χ0) is 16.8. The van der Waals surface area contributed by atoms with E-state index in [-0.39, 0.29) is 12.0 Å². The van der Waals surface area contributed by atoms with Crippen molar-refractivity contribution in [1.82, 2.24) is 10.3 Å². The number of aromatic nitrogens is 1. The Morgan fingerprint density at radius 3 is 2.96 bits per heavy atom. The average molecular weight is 365 g/mol. The standard InChI is InChI=1S/C18H21ClN2O2S/c19-14-5-3-13(4-6-14)16-12-24-18(21-16)9-10-20-17(22)8-7-15-2-1-11-23-15/h3-6,12,15H,1-2,7-11H2,(H,20,22)/t15-/m0/s1. The molecule has 1 atom stereocenters. The third kappa shape index (κ3) is 5.03. The highest BCUT2D eigenvalue weighted by Crippen LogP contribution is 2.23. The summed E-state index contributed by atoms with van der Waals surface area (Å²) >= 11 is 7.52. The third-order valence-electron chi connectivity index (χ3n) is 4.07. The Bertz CT molecular complexity index is 666. The Labute approximate surface area is 151 Å². The first kappa shape index (κ1) is 17.4. The minimum absolute atomic E-state index is 0.0972. The van der Waals surface area contributed by atoms with Crippen molar-refractivity contribution < 1.29 is 9.53 Å². The van der Waals surface area contributed by atoms with E-state index in [1.165, 1.54) is 0 Å². The van der Waals surface area contributed by atoms with Gasteiger partial charge in [0.2, 0.25) is 5.91 Å². The SMILES string of the molecule is O=C(CC[C@@H]1CCCO1)NCCc1nc(-c2ccc(Cl)cc2)cs1. The van der Waals surface area contributed by atoms with Gasteiger partial charge in [0, 0.05) is 42.0 Å². The van der Waals surface area contributed by atoms with Gasteiger partial charge in [-0.05, 0) is 31.4 Å². The fraction of sp³-hybridized carbons (Fsp3) is 0.444. The molecule has 2 heterocycles. The van der Waals surface area contributed by atoms with E-state index in [4.69, 9.17) is 16.3 Å². The predicted molar refractivity (Wildman–Crippen MR) is 97.5 cm³/mol. The molecule has 6 heteroatoms. The maximum absolute atomic E-state index is 11.9. The minimum atomic E-state index is 0.0972. The number of nitrogens with zero attached hydrogens (tertiary/aromatic N) is 1. The smallest absolute Gasteiger partial charge is 0.220 e. The largest absolute Gasteiger partial charge is 0.378 e. The maximum atomic E-state index is 11.9. The van der Waals surface area contributed by atoms with E-state index in [0.717, 1.165) is 53.6 Å². The summed E-state index contributed by atoms with van der Waals surface area (Å²) < 4.78 is 5.53. The molecule has 1 aliphatic rings. The Morgan fingerprint density at radius 1 is 1.38 bits per heavy atom. The van der Waals surface area contributed by atoms with Crippen LogP contribution in [0.4, 0.5) is 0 Å². The van der Waals surface area contributed by atoms with Gasteiger partial charge in [-0.2, -0.15) is 0 Å². The van der Waals surface area contributed by atoms with E-state index in [9.17, 15) is 4.79 Å². The van der Waals surface area contributed by atoms with Crippen LogP contribution in [0.5, 0.6) is 0 Å². The third-order valence-corrected chi connectivity index (χ3v) is 5.23. The number of hydrogen-bond donors (Lipinski definition) is 1. The molecule has 128 valence electrons. The van der Waals surface area contributed by atoms with Gasteiger partial charge >= 0.3 is 0 Å². The fourth-order valence-corrected chi connectivity index (χ4v) is 3.67. The van der Waals surface area contributed by atoms with Gasteiger partial charge in [0.05, 0.1) is 16.8 Å². The van der Waals surface area contributed by atoms with E-state index in [0.29, 0.717) is 13.0 Å². The van der Waals surface area contributed by atoms with Gasteiger partial charge in [0.1, 0.15) is 0 Å². The van der Waals surface area contributed by atoms with Crippen LogP contribution in [-0.4, -0.2) is 30.1 Å². The van der Waals surface area contributed by atoms with Crippen LogP contribution in [-0.2, 0) is 16.0 Å². The van der Waals surface area contributed by atoms with Crippen molar-refractivity contribution in [2.24, 2.45) is 0 Å². The van der Waals surface area contributed by atoms with Gasteiger partial charge in [-0.15, -0.1) is 11.3 Å². The van der Waals surface area contributed by atoms with Gasteiger partial charge in [-0.25, -0.2) is 4.98 Å². The second kappa shape index (κ2) is 8.60. The van der Waals surface area contributed by atoms with Crippen molar-refractivity contribution in [3.05, 3.63) is 39.7 Å². The second-order valence-corrected chi connectivity index (χ2v) is 7.29. The van der Waals surface area contributed by atoms with Crippen molar-refractivity contribution in [3.8, 4) is 11.3 Å². The van der Waals surface area contributed by atoms with Crippen LogP contribution in [0, 0.1) is 0 Å². The molecule has 4 nitrogen and oxygen atoms in total. The number of carbonyl (C=O) groups excluding carboxylic acids is 1. The summed E-state index contributed by atoms with van der Waals surface area (Å²) in [4.78, 5) is 16.5. The molecule has 1 aliphatic heterocycles.